The summed E-state index contributed by atoms with van der Waals surface area (Å²) < 4.78 is 5.31. The molecule has 0 aliphatic rings. The zero-order valence-corrected chi connectivity index (χ0v) is 13.0. The van der Waals surface area contributed by atoms with Crippen molar-refractivity contribution in [2.45, 2.75) is 13.0 Å². The van der Waals surface area contributed by atoms with Gasteiger partial charge in [-0.05, 0) is 24.6 Å². The Balaban J connectivity index is 1.68. The second kappa shape index (κ2) is 8.58. The van der Waals surface area contributed by atoms with Crippen molar-refractivity contribution in [3.05, 3.63) is 66.2 Å². The number of hydrogen-bond acceptors (Lipinski definition) is 3. The van der Waals surface area contributed by atoms with Gasteiger partial charge in [-0.2, -0.15) is 0 Å². The summed E-state index contributed by atoms with van der Waals surface area (Å²) in [5.41, 5.74) is 1.01. The molecule has 2 aromatic carbocycles. The first-order valence-corrected chi connectivity index (χ1v) is 7.44. The molecule has 0 unspecified atom stereocenters. The number of carbonyl (C=O) groups excluding carboxylic acids is 2. The Morgan fingerprint density at radius 1 is 0.957 bits per heavy atom. The van der Waals surface area contributed by atoms with Gasteiger partial charge in [-0.1, -0.05) is 48.5 Å². The highest BCUT2D eigenvalue weighted by Crippen LogP contribution is 2.10. The van der Waals surface area contributed by atoms with Gasteiger partial charge in [0.05, 0.1) is 12.6 Å². The second-order valence-electron chi connectivity index (χ2n) is 5.08. The molecule has 0 aliphatic heterocycles. The molecule has 0 aliphatic carbocycles. The molecule has 2 rings (SSSR count). The van der Waals surface area contributed by atoms with Gasteiger partial charge in [0.15, 0.2) is 6.61 Å². The van der Waals surface area contributed by atoms with Crippen LogP contribution in [0.1, 0.15) is 18.5 Å². The Morgan fingerprint density at radius 2 is 1.57 bits per heavy atom. The monoisotopic (exact) mass is 312 g/mol. The number of hydrogen-bond donors (Lipinski definition) is 2. The minimum absolute atomic E-state index is 0.0752. The lowest BCUT2D eigenvalue weighted by atomic mass is 10.1. The van der Waals surface area contributed by atoms with Gasteiger partial charge in [0.1, 0.15) is 5.75 Å². The third-order valence-corrected chi connectivity index (χ3v) is 3.24. The predicted molar refractivity (Wildman–Crippen MR) is 87.9 cm³/mol. The van der Waals surface area contributed by atoms with Gasteiger partial charge in [-0.15, -0.1) is 0 Å². The normalized spacial score (nSPS) is 11.3. The maximum atomic E-state index is 11.8. The van der Waals surface area contributed by atoms with E-state index in [-0.39, 0.29) is 31.0 Å². The highest BCUT2D eigenvalue weighted by molar-refractivity contribution is 5.85. The van der Waals surface area contributed by atoms with E-state index in [4.69, 9.17) is 4.74 Å². The molecule has 1 atom stereocenters. The molecule has 0 bridgehead atoms. The van der Waals surface area contributed by atoms with E-state index in [1.54, 1.807) is 12.1 Å². The van der Waals surface area contributed by atoms with E-state index < -0.39 is 0 Å². The van der Waals surface area contributed by atoms with E-state index in [2.05, 4.69) is 10.6 Å². The van der Waals surface area contributed by atoms with Crippen LogP contribution in [0.4, 0.5) is 0 Å². The zero-order chi connectivity index (χ0) is 16.5. The van der Waals surface area contributed by atoms with Gasteiger partial charge in [-0.25, -0.2) is 0 Å². The fourth-order valence-corrected chi connectivity index (χ4v) is 2.01. The molecule has 5 heteroatoms. The van der Waals surface area contributed by atoms with Gasteiger partial charge in [0.2, 0.25) is 5.91 Å². The summed E-state index contributed by atoms with van der Waals surface area (Å²) in [7, 11) is 0. The number of nitrogens with one attached hydrogen (secondary N) is 2. The van der Waals surface area contributed by atoms with Crippen LogP contribution < -0.4 is 15.4 Å². The lowest BCUT2D eigenvalue weighted by Gasteiger charge is -2.14. The minimum Gasteiger partial charge on any atom is -0.484 e. The quantitative estimate of drug-likeness (QED) is 0.822. The molecule has 0 aromatic heterocycles. The van der Waals surface area contributed by atoms with E-state index in [9.17, 15) is 9.59 Å². The maximum absolute atomic E-state index is 11.8. The molecule has 0 fully saturated rings. The third-order valence-electron chi connectivity index (χ3n) is 3.24. The number of amides is 2. The van der Waals surface area contributed by atoms with Crippen LogP contribution in [0.2, 0.25) is 0 Å². The summed E-state index contributed by atoms with van der Waals surface area (Å²) in [4.78, 5) is 23.5. The fourth-order valence-electron chi connectivity index (χ4n) is 2.01. The SMILES string of the molecule is C[C@@H](NC(=O)CNC(=O)COc1ccccc1)c1ccccc1. The van der Waals surface area contributed by atoms with Gasteiger partial charge in [-0.3, -0.25) is 9.59 Å². The molecule has 23 heavy (non-hydrogen) atoms. The van der Waals surface area contributed by atoms with Crippen molar-refractivity contribution in [1.29, 1.82) is 0 Å². The first-order chi connectivity index (χ1) is 11.1. The van der Waals surface area contributed by atoms with Crippen molar-refractivity contribution in [2.75, 3.05) is 13.2 Å². The lowest BCUT2D eigenvalue weighted by molar-refractivity contribution is -0.127. The molecule has 120 valence electrons. The summed E-state index contributed by atoms with van der Waals surface area (Å²) in [6, 6.07) is 18.6. The molecule has 5 nitrogen and oxygen atoms in total. The van der Waals surface area contributed by atoms with E-state index in [0.29, 0.717) is 5.75 Å². The van der Waals surface area contributed by atoms with Crippen LogP contribution in [-0.2, 0) is 9.59 Å². The highest BCUT2D eigenvalue weighted by atomic mass is 16.5. The zero-order valence-electron chi connectivity index (χ0n) is 13.0. The van der Waals surface area contributed by atoms with Crippen LogP contribution >= 0.6 is 0 Å². The van der Waals surface area contributed by atoms with Gasteiger partial charge < -0.3 is 15.4 Å². The molecular weight excluding hydrogens is 292 g/mol. The first-order valence-electron chi connectivity index (χ1n) is 7.44. The molecular formula is C18H20N2O3. The highest BCUT2D eigenvalue weighted by Gasteiger charge is 2.10. The molecule has 2 aromatic rings. The lowest BCUT2D eigenvalue weighted by Crippen LogP contribution is -2.39. The van der Waals surface area contributed by atoms with Crippen LogP contribution in [-0.4, -0.2) is 25.0 Å². The van der Waals surface area contributed by atoms with Crippen molar-refractivity contribution >= 4 is 11.8 Å². The smallest absolute Gasteiger partial charge is 0.258 e. The van der Waals surface area contributed by atoms with E-state index in [0.717, 1.165) is 5.56 Å². The van der Waals surface area contributed by atoms with Crippen molar-refractivity contribution in [2.24, 2.45) is 0 Å². The Morgan fingerprint density at radius 3 is 2.22 bits per heavy atom. The van der Waals surface area contributed by atoms with E-state index >= 15 is 0 Å². The average Bonchev–Trinajstić information content (AvgIpc) is 2.60. The Bertz CT molecular complexity index is 629. The summed E-state index contributed by atoms with van der Waals surface area (Å²) >= 11 is 0. The summed E-state index contributed by atoms with van der Waals surface area (Å²) in [5, 5.41) is 5.36. The fraction of sp³-hybridized carbons (Fsp3) is 0.222. The molecule has 0 saturated carbocycles. The minimum atomic E-state index is -0.337. The van der Waals surface area contributed by atoms with Crippen LogP contribution in [0.5, 0.6) is 5.75 Å². The topological polar surface area (TPSA) is 67.4 Å². The Labute approximate surface area is 135 Å². The number of carbonyl (C=O) groups is 2. The number of benzene rings is 2. The summed E-state index contributed by atoms with van der Waals surface area (Å²) in [5.74, 6) is 0.0376. The maximum Gasteiger partial charge on any atom is 0.258 e. The largest absolute Gasteiger partial charge is 0.484 e. The second-order valence-corrected chi connectivity index (χ2v) is 5.08. The number of rotatable bonds is 7. The van der Waals surface area contributed by atoms with Crippen LogP contribution in [0.25, 0.3) is 0 Å². The number of para-hydroxylation sites is 1. The van der Waals surface area contributed by atoms with E-state index in [1.807, 2.05) is 55.5 Å². The van der Waals surface area contributed by atoms with Gasteiger partial charge in [0.25, 0.3) is 5.91 Å². The Kier molecular flexibility index (Phi) is 6.17. The summed E-state index contributed by atoms with van der Waals surface area (Å²) in [6.45, 7) is 1.70. The molecule has 2 amide bonds. The first kappa shape index (κ1) is 16.5. The molecule has 0 saturated heterocycles. The van der Waals surface area contributed by atoms with Gasteiger partial charge >= 0.3 is 0 Å². The van der Waals surface area contributed by atoms with Crippen molar-refractivity contribution in [1.82, 2.24) is 10.6 Å². The van der Waals surface area contributed by atoms with Crippen molar-refractivity contribution < 1.29 is 14.3 Å². The molecule has 2 N–H and O–H groups in total. The van der Waals surface area contributed by atoms with Crippen LogP contribution in [0.15, 0.2) is 60.7 Å². The Hall–Kier alpha value is -2.82. The molecule has 0 heterocycles. The van der Waals surface area contributed by atoms with E-state index in [1.165, 1.54) is 0 Å². The van der Waals surface area contributed by atoms with Crippen molar-refractivity contribution in [3.63, 3.8) is 0 Å². The molecule has 0 radical (unpaired) electrons. The van der Waals surface area contributed by atoms with Gasteiger partial charge in [0, 0.05) is 0 Å². The standard InChI is InChI=1S/C18H20N2O3/c1-14(15-8-4-2-5-9-15)20-17(21)12-19-18(22)13-23-16-10-6-3-7-11-16/h2-11,14H,12-13H2,1H3,(H,19,22)(H,20,21)/t14-/m1/s1. The van der Waals surface area contributed by atoms with Crippen LogP contribution in [0, 0.1) is 0 Å². The number of ether oxygens (including phenoxy) is 1. The average molecular weight is 312 g/mol. The summed E-state index contributed by atoms with van der Waals surface area (Å²) in [6.07, 6.45) is 0. The third kappa shape index (κ3) is 5.82. The molecule has 0 spiro atoms. The van der Waals surface area contributed by atoms with Crippen LogP contribution in [0.3, 0.4) is 0 Å². The van der Waals surface area contributed by atoms with Crippen molar-refractivity contribution in [3.8, 4) is 5.75 Å². The predicted octanol–water partition coefficient (Wildman–Crippen LogP) is 2.06.